The number of fused-ring (bicyclic) bond motifs is 7. The van der Waals surface area contributed by atoms with E-state index in [1.54, 1.807) is 6.92 Å². The number of aliphatic hydroxyl groups excluding tert-OH is 10. The van der Waals surface area contributed by atoms with E-state index in [9.17, 15) is 65.8 Å². The summed E-state index contributed by atoms with van der Waals surface area (Å²) in [6.45, 7) is 17.5. The molecule has 25 atom stereocenters. The number of esters is 1. The first kappa shape index (κ1) is 55.3. The molecule has 0 spiro atoms. The zero-order valence-corrected chi connectivity index (χ0v) is 42.6. The number of carbonyl (C=O) groups is 2. The van der Waals surface area contributed by atoms with Gasteiger partial charge in [-0.3, -0.25) is 9.59 Å². The molecular formula is C51H82O20. The first-order valence-electron chi connectivity index (χ1n) is 25.7. The molecule has 0 aromatic rings. The van der Waals surface area contributed by atoms with Gasteiger partial charge in [-0.2, -0.15) is 0 Å². The van der Waals surface area contributed by atoms with E-state index < -0.39 is 152 Å². The van der Waals surface area contributed by atoms with Crippen molar-refractivity contribution in [1.82, 2.24) is 0 Å². The third-order valence-electron chi connectivity index (χ3n) is 19.9. The molecule has 0 amide bonds. The van der Waals surface area contributed by atoms with Crippen LogP contribution in [0.5, 0.6) is 0 Å². The monoisotopic (exact) mass is 1010 g/mol. The highest BCUT2D eigenvalue weighted by atomic mass is 16.7. The first-order valence-corrected chi connectivity index (χ1v) is 25.7. The second-order valence-corrected chi connectivity index (χ2v) is 24.7. The fraction of sp³-hybridized carbons (Fsp3) is 0.922. The van der Waals surface area contributed by atoms with Gasteiger partial charge in [0.25, 0.3) is 0 Å². The molecule has 0 aromatic carbocycles. The SMILES string of the molecule is CC(=O)O[C@H]1CC(C)(C)C[C@H]2C3=CC[C@@H]4[C@@]5(C)CC[C@H](O[C@@H]6O[C@H](CC(=O)O)[C@@H](O)[C@H](O[C@@H]7O[C@H](CO)[C@@H](O)[C@H](O)[C@H]7O)[C@H]6O)C(C)(C)[C@@H]5CC[C@@]4(C)[C@]3(C)C[C@H](O)[C@@]12CO[C@@H]1O[C@@H](C)[C@H](O)[C@@H](O)[C@H]1O. The number of aliphatic carboxylic acids is 1. The number of rotatable bonds is 11. The van der Waals surface area contributed by atoms with Gasteiger partial charge in [-0.05, 0) is 103 Å². The average molecular weight is 1020 g/mol. The van der Waals surface area contributed by atoms with Gasteiger partial charge < -0.3 is 89.3 Å². The van der Waals surface area contributed by atoms with Crippen LogP contribution in [0.1, 0.15) is 120 Å². The summed E-state index contributed by atoms with van der Waals surface area (Å²) in [7, 11) is 0. The lowest BCUT2D eigenvalue weighted by Gasteiger charge is -2.72. The highest BCUT2D eigenvalue weighted by Crippen LogP contribution is 2.76. The Kier molecular flexibility index (Phi) is 15.2. The average Bonchev–Trinajstić information content (AvgIpc) is 3.27. The van der Waals surface area contributed by atoms with Crippen molar-refractivity contribution in [2.24, 2.45) is 50.2 Å². The van der Waals surface area contributed by atoms with Gasteiger partial charge in [0.05, 0.1) is 49.5 Å². The number of hydrogen-bond acceptors (Lipinski definition) is 19. The van der Waals surface area contributed by atoms with E-state index in [1.807, 2.05) is 0 Å². The van der Waals surface area contributed by atoms with Gasteiger partial charge >= 0.3 is 11.9 Å². The Balaban J connectivity index is 1.07. The van der Waals surface area contributed by atoms with Crippen LogP contribution in [-0.2, 0) is 42.7 Å². The van der Waals surface area contributed by atoms with Gasteiger partial charge in [0, 0.05) is 6.92 Å². The molecule has 0 unspecified atom stereocenters. The Morgan fingerprint density at radius 3 is 1.97 bits per heavy atom. The van der Waals surface area contributed by atoms with E-state index in [4.69, 9.17) is 33.2 Å². The molecule has 11 N–H and O–H groups in total. The maximum Gasteiger partial charge on any atom is 0.306 e. The molecule has 20 nitrogen and oxygen atoms in total. The molecule has 20 heteroatoms. The molecule has 5 aliphatic carbocycles. The molecule has 71 heavy (non-hydrogen) atoms. The highest BCUT2D eigenvalue weighted by molar-refractivity contribution is 5.67. The zero-order chi connectivity index (χ0) is 52.3. The number of carbonyl (C=O) groups excluding carboxylic acids is 1. The Morgan fingerprint density at radius 1 is 0.690 bits per heavy atom. The predicted molar refractivity (Wildman–Crippen MR) is 246 cm³/mol. The predicted octanol–water partition coefficient (Wildman–Crippen LogP) is 0.636. The standard InChI is InChI=1S/C51H82O20/c1-22-34(57)37(60)39(62)43(66-22)65-21-51-25(17-46(3,4)19-32(51)67-23(2)53)24-10-11-29-48(7)14-13-31(47(5,6)28(48)12-15-49(29,8)50(24,9)18-30(51)54)70-45-41(64)42(36(59)26(68-45)16-33(55)56)71-44-40(63)38(61)35(58)27(20-52)69-44/h10,22,25-32,34-45,52,54,57-64H,11-21H2,1-9H3,(H,55,56)/t22-,25-,26+,27+,28-,29+,30-,31-,32-,34-,35+,36+,37+,38-,39+,40+,41+,42-,43+,44-,45-,48-,49+,50+,51-/m0/s1. The fourth-order valence-corrected chi connectivity index (χ4v) is 15.8. The molecule has 3 saturated heterocycles. The minimum Gasteiger partial charge on any atom is -0.481 e. The van der Waals surface area contributed by atoms with Crippen molar-refractivity contribution in [2.45, 2.75) is 231 Å². The lowest BCUT2D eigenvalue weighted by molar-refractivity contribution is -0.368. The molecule has 7 fully saturated rings. The van der Waals surface area contributed by atoms with E-state index in [1.165, 1.54) is 12.5 Å². The normalized spacial score (nSPS) is 52.4. The van der Waals surface area contributed by atoms with E-state index in [0.29, 0.717) is 32.1 Å². The molecule has 8 aliphatic rings. The maximum atomic E-state index is 13.0. The Bertz CT molecular complexity index is 1980. The van der Waals surface area contributed by atoms with Gasteiger partial charge in [0.1, 0.15) is 67.1 Å². The summed E-state index contributed by atoms with van der Waals surface area (Å²) in [5.41, 5.74) is -1.99. The van der Waals surface area contributed by atoms with Crippen LogP contribution in [0, 0.1) is 50.2 Å². The topological polar surface area (TPSA) is 321 Å². The number of aliphatic hydroxyl groups is 10. The van der Waals surface area contributed by atoms with Crippen LogP contribution < -0.4 is 0 Å². The summed E-state index contributed by atoms with van der Waals surface area (Å²) in [6.07, 6.45) is -18.9. The number of carboxylic acids is 1. The minimum atomic E-state index is -1.86. The van der Waals surface area contributed by atoms with Crippen LogP contribution in [0.3, 0.4) is 0 Å². The van der Waals surface area contributed by atoms with Crippen LogP contribution in [0.2, 0.25) is 0 Å². The number of carboxylic acid groups (broad SMARTS) is 1. The highest BCUT2D eigenvalue weighted by Gasteiger charge is 2.72. The lowest BCUT2D eigenvalue weighted by atomic mass is 9.33. The van der Waals surface area contributed by atoms with E-state index in [-0.39, 0.29) is 40.6 Å². The second-order valence-electron chi connectivity index (χ2n) is 24.7. The van der Waals surface area contributed by atoms with E-state index in [0.717, 1.165) is 19.3 Å². The third kappa shape index (κ3) is 9.05. The van der Waals surface area contributed by atoms with E-state index in [2.05, 4.69) is 54.5 Å². The Hall–Kier alpha value is -1.96. The van der Waals surface area contributed by atoms with Crippen molar-refractivity contribution in [3.05, 3.63) is 11.6 Å². The number of hydrogen-bond donors (Lipinski definition) is 11. The molecule has 0 bridgehead atoms. The molecule has 3 heterocycles. The van der Waals surface area contributed by atoms with Gasteiger partial charge in [-0.25, -0.2) is 0 Å². The molecular weight excluding hydrogens is 933 g/mol. The first-order chi connectivity index (χ1) is 33.0. The smallest absolute Gasteiger partial charge is 0.306 e. The summed E-state index contributed by atoms with van der Waals surface area (Å²) < 4.78 is 42.6. The van der Waals surface area contributed by atoms with Crippen molar-refractivity contribution in [1.29, 1.82) is 0 Å². The molecule has 3 aliphatic heterocycles. The van der Waals surface area contributed by atoms with Crippen molar-refractivity contribution in [3.8, 4) is 0 Å². The fourth-order valence-electron chi connectivity index (χ4n) is 15.8. The van der Waals surface area contributed by atoms with E-state index >= 15 is 0 Å². The van der Waals surface area contributed by atoms with Crippen LogP contribution in [-0.4, -0.2) is 192 Å². The van der Waals surface area contributed by atoms with Crippen molar-refractivity contribution in [3.63, 3.8) is 0 Å². The van der Waals surface area contributed by atoms with Crippen molar-refractivity contribution >= 4 is 11.9 Å². The summed E-state index contributed by atoms with van der Waals surface area (Å²) >= 11 is 0. The van der Waals surface area contributed by atoms with Gasteiger partial charge in [0.2, 0.25) is 0 Å². The second kappa shape index (κ2) is 19.6. The number of allylic oxidation sites excluding steroid dienone is 2. The minimum absolute atomic E-state index is 0.0637. The molecule has 0 aromatic heterocycles. The summed E-state index contributed by atoms with van der Waals surface area (Å²) in [5, 5.41) is 119. The third-order valence-corrected chi connectivity index (χ3v) is 19.9. The van der Waals surface area contributed by atoms with Crippen molar-refractivity contribution in [2.75, 3.05) is 13.2 Å². The maximum absolute atomic E-state index is 13.0. The van der Waals surface area contributed by atoms with Gasteiger partial charge in [0.15, 0.2) is 18.9 Å². The number of ether oxygens (including phenoxy) is 7. The molecule has 406 valence electrons. The van der Waals surface area contributed by atoms with Gasteiger partial charge in [-0.15, -0.1) is 0 Å². The van der Waals surface area contributed by atoms with Gasteiger partial charge in [-0.1, -0.05) is 60.1 Å². The zero-order valence-electron chi connectivity index (χ0n) is 42.6. The Morgan fingerprint density at radius 2 is 1.32 bits per heavy atom. The summed E-state index contributed by atoms with van der Waals surface area (Å²) in [6, 6.07) is 0. The largest absolute Gasteiger partial charge is 0.481 e. The van der Waals surface area contributed by atoms with Crippen LogP contribution in [0.15, 0.2) is 11.6 Å². The van der Waals surface area contributed by atoms with Crippen LogP contribution in [0.25, 0.3) is 0 Å². The molecule has 4 saturated carbocycles. The quantitative estimate of drug-likeness (QED) is 0.0768. The van der Waals surface area contributed by atoms with Crippen LogP contribution >= 0.6 is 0 Å². The summed E-state index contributed by atoms with van der Waals surface area (Å²) in [4.78, 5) is 24.9. The lowest BCUT2D eigenvalue weighted by Crippen LogP contribution is -2.70. The molecule has 8 rings (SSSR count). The summed E-state index contributed by atoms with van der Waals surface area (Å²) in [5.74, 6) is -1.92. The molecule has 0 radical (unpaired) electrons. The van der Waals surface area contributed by atoms with Crippen molar-refractivity contribution < 1.29 is 98.9 Å². The van der Waals surface area contributed by atoms with Crippen LogP contribution in [0.4, 0.5) is 0 Å². The Labute approximate surface area is 415 Å².